The Labute approximate surface area is 72.4 Å². The van der Waals surface area contributed by atoms with Gasteiger partial charge < -0.3 is 0 Å². The van der Waals surface area contributed by atoms with Crippen molar-refractivity contribution in [3.05, 3.63) is 29.3 Å². The summed E-state index contributed by atoms with van der Waals surface area (Å²) in [5, 5.41) is 7.52. The van der Waals surface area contributed by atoms with Gasteiger partial charge in [0.2, 0.25) is 0 Å². The second-order valence-electron chi connectivity index (χ2n) is 1.94. The topological polar surface area (TPSA) is 53.8 Å². The van der Waals surface area contributed by atoms with Gasteiger partial charge in [0, 0.05) is 0 Å². The fourth-order valence-corrected chi connectivity index (χ4v) is 0.822. The molecule has 5 heteroatoms. The molecule has 0 saturated carbocycles. The molecule has 0 aliphatic heterocycles. The normalized spacial score (nSPS) is 9.08. The number of hydrogen-bond acceptors (Lipinski definition) is 3. The van der Waals surface area contributed by atoms with Crippen molar-refractivity contribution in [3.63, 3.8) is 0 Å². The van der Waals surface area contributed by atoms with Crippen molar-refractivity contribution < 1.29 is 9.18 Å². The van der Waals surface area contributed by atoms with Crippen LogP contribution in [0.5, 0.6) is 0 Å². The lowest BCUT2D eigenvalue weighted by atomic mass is 10.2. The summed E-state index contributed by atoms with van der Waals surface area (Å²) in [4.78, 5) is 14.0. The minimum atomic E-state index is -0.890. The van der Waals surface area contributed by atoms with Crippen molar-refractivity contribution in [1.82, 2.24) is 4.98 Å². The molecule has 12 heavy (non-hydrogen) atoms. The quantitative estimate of drug-likeness (QED) is 0.621. The highest BCUT2D eigenvalue weighted by atomic mass is 35.5. The average molecular weight is 185 g/mol. The number of nitriles is 1. The Kier molecular flexibility index (Phi) is 2.36. The summed E-state index contributed by atoms with van der Waals surface area (Å²) >= 11 is 5.06. The average Bonchev–Trinajstić information content (AvgIpc) is 2.04. The zero-order valence-electron chi connectivity index (χ0n) is 5.71. The molecule has 1 aromatic rings. The molecule has 1 aromatic heterocycles. The summed E-state index contributed by atoms with van der Waals surface area (Å²) in [6, 6.07) is 2.50. The molecule has 0 aliphatic rings. The lowest BCUT2D eigenvalue weighted by Gasteiger charge is -1.95. The van der Waals surface area contributed by atoms with Crippen molar-refractivity contribution in [1.29, 1.82) is 5.26 Å². The summed E-state index contributed by atoms with van der Waals surface area (Å²) in [6.07, 6.45) is 0.849. The fraction of sp³-hybridized carbons (Fsp3) is 0. The zero-order valence-corrected chi connectivity index (χ0v) is 6.47. The van der Waals surface area contributed by atoms with Gasteiger partial charge in [-0.25, -0.2) is 9.37 Å². The van der Waals surface area contributed by atoms with E-state index in [1.54, 1.807) is 6.07 Å². The van der Waals surface area contributed by atoms with Gasteiger partial charge in [0.25, 0.3) is 5.24 Å². The lowest BCUT2D eigenvalue weighted by Crippen LogP contribution is -1.98. The van der Waals surface area contributed by atoms with E-state index < -0.39 is 11.1 Å². The van der Waals surface area contributed by atoms with Crippen LogP contribution in [0.1, 0.15) is 16.1 Å². The number of halogens is 2. The van der Waals surface area contributed by atoms with E-state index in [1.165, 1.54) is 0 Å². The molecular formula is C7H2ClFN2O. The molecule has 1 heterocycles. The summed E-state index contributed by atoms with van der Waals surface area (Å²) in [5.74, 6) is -0.696. The SMILES string of the molecule is N#Cc1ncc(F)cc1C(=O)Cl. The molecule has 0 fully saturated rings. The summed E-state index contributed by atoms with van der Waals surface area (Å²) in [5.41, 5.74) is -0.379. The van der Waals surface area contributed by atoms with Crippen LogP contribution in [0, 0.1) is 17.1 Å². The smallest absolute Gasteiger partial charge is 0.255 e. The van der Waals surface area contributed by atoms with E-state index in [9.17, 15) is 9.18 Å². The fourth-order valence-electron chi connectivity index (χ4n) is 0.678. The van der Waals surface area contributed by atoms with Gasteiger partial charge in [-0.2, -0.15) is 5.26 Å². The minimum absolute atomic E-state index is 0.170. The van der Waals surface area contributed by atoms with Gasteiger partial charge in [0.1, 0.15) is 11.9 Å². The third-order valence-electron chi connectivity index (χ3n) is 1.17. The van der Waals surface area contributed by atoms with Crippen LogP contribution in [0.4, 0.5) is 4.39 Å². The molecule has 0 N–H and O–H groups in total. The van der Waals surface area contributed by atoms with Crippen molar-refractivity contribution in [3.8, 4) is 6.07 Å². The van der Waals surface area contributed by atoms with Crippen LogP contribution in [-0.4, -0.2) is 10.2 Å². The van der Waals surface area contributed by atoms with Crippen LogP contribution in [0.15, 0.2) is 12.3 Å². The monoisotopic (exact) mass is 184 g/mol. The Balaban J connectivity index is 3.34. The summed E-state index contributed by atoms with van der Waals surface area (Å²) in [6.45, 7) is 0. The largest absolute Gasteiger partial charge is 0.275 e. The Bertz CT molecular complexity index is 372. The number of pyridine rings is 1. The van der Waals surface area contributed by atoms with Crippen LogP contribution in [-0.2, 0) is 0 Å². The molecule has 0 aliphatic carbocycles. The first-order valence-electron chi connectivity index (χ1n) is 2.90. The predicted molar refractivity (Wildman–Crippen MR) is 39.1 cm³/mol. The highest BCUT2D eigenvalue weighted by Crippen LogP contribution is 2.09. The lowest BCUT2D eigenvalue weighted by molar-refractivity contribution is 0.108. The molecule has 0 atom stereocenters. The number of rotatable bonds is 1. The van der Waals surface area contributed by atoms with Crippen molar-refractivity contribution in [2.75, 3.05) is 0 Å². The first-order chi connectivity index (χ1) is 5.65. The molecule has 0 unspecified atom stereocenters. The van der Waals surface area contributed by atoms with E-state index in [2.05, 4.69) is 4.98 Å². The molecule has 1 rings (SSSR count). The first-order valence-corrected chi connectivity index (χ1v) is 3.28. The van der Waals surface area contributed by atoms with Gasteiger partial charge in [-0.1, -0.05) is 0 Å². The maximum Gasteiger partial charge on any atom is 0.255 e. The number of aromatic nitrogens is 1. The number of carbonyl (C=O) groups is 1. The zero-order chi connectivity index (χ0) is 9.14. The summed E-state index contributed by atoms with van der Waals surface area (Å²) in [7, 11) is 0. The third-order valence-corrected chi connectivity index (χ3v) is 1.38. The number of nitrogens with zero attached hydrogens (tertiary/aromatic N) is 2. The van der Waals surface area contributed by atoms with Gasteiger partial charge in [-0.05, 0) is 17.7 Å². The van der Waals surface area contributed by atoms with Gasteiger partial charge in [-0.3, -0.25) is 4.79 Å². The van der Waals surface area contributed by atoms with Crippen molar-refractivity contribution in [2.24, 2.45) is 0 Å². The molecule has 0 radical (unpaired) electrons. The third kappa shape index (κ3) is 1.57. The van der Waals surface area contributed by atoms with Crippen molar-refractivity contribution in [2.45, 2.75) is 0 Å². The maximum atomic E-state index is 12.5. The Morgan fingerprint density at radius 3 is 2.92 bits per heavy atom. The van der Waals surface area contributed by atoms with Crippen LogP contribution in [0.25, 0.3) is 0 Å². The van der Waals surface area contributed by atoms with E-state index in [1.807, 2.05) is 0 Å². The van der Waals surface area contributed by atoms with Crippen LogP contribution in [0.2, 0.25) is 0 Å². The van der Waals surface area contributed by atoms with E-state index in [4.69, 9.17) is 16.9 Å². The van der Waals surface area contributed by atoms with E-state index >= 15 is 0 Å². The number of carbonyl (C=O) groups excluding carboxylic acids is 1. The predicted octanol–water partition coefficient (Wildman–Crippen LogP) is 1.47. The molecule has 3 nitrogen and oxygen atoms in total. The molecule has 0 amide bonds. The van der Waals surface area contributed by atoms with Crippen LogP contribution in [0.3, 0.4) is 0 Å². The van der Waals surface area contributed by atoms with E-state index in [-0.39, 0.29) is 11.3 Å². The second kappa shape index (κ2) is 3.28. The summed E-state index contributed by atoms with van der Waals surface area (Å²) < 4.78 is 12.5. The molecule has 60 valence electrons. The molecule has 0 saturated heterocycles. The second-order valence-corrected chi connectivity index (χ2v) is 2.28. The van der Waals surface area contributed by atoms with E-state index in [0.717, 1.165) is 12.3 Å². The van der Waals surface area contributed by atoms with Crippen LogP contribution < -0.4 is 0 Å². The Hall–Kier alpha value is -1.47. The molecule has 0 bridgehead atoms. The van der Waals surface area contributed by atoms with Gasteiger partial charge >= 0.3 is 0 Å². The molecular weight excluding hydrogens is 183 g/mol. The highest BCUT2D eigenvalue weighted by Gasteiger charge is 2.10. The molecule has 0 spiro atoms. The maximum absolute atomic E-state index is 12.5. The van der Waals surface area contributed by atoms with Crippen LogP contribution >= 0.6 is 11.6 Å². The Morgan fingerprint density at radius 1 is 1.75 bits per heavy atom. The highest BCUT2D eigenvalue weighted by molar-refractivity contribution is 6.67. The number of hydrogen-bond donors (Lipinski definition) is 0. The minimum Gasteiger partial charge on any atom is -0.275 e. The van der Waals surface area contributed by atoms with E-state index in [0.29, 0.717) is 0 Å². The van der Waals surface area contributed by atoms with Gasteiger partial charge in [-0.15, -0.1) is 0 Å². The van der Waals surface area contributed by atoms with Gasteiger partial charge in [0.05, 0.1) is 11.8 Å². The van der Waals surface area contributed by atoms with Gasteiger partial charge in [0.15, 0.2) is 5.69 Å². The van der Waals surface area contributed by atoms with Crippen molar-refractivity contribution >= 4 is 16.8 Å². The standard InChI is InChI=1S/C7H2ClFN2O/c8-7(12)5-1-4(9)3-11-6(5)2-10/h1,3H. The molecule has 0 aromatic carbocycles. The first kappa shape index (κ1) is 8.62. The Morgan fingerprint density at radius 2 is 2.42 bits per heavy atom.